The number of nitrogens with zero attached hydrogens (tertiary/aromatic N) is 1. The van der Waals surface area contributed by atoms with Crippen molar-refractivity contribution >= 4 is 5.91 Å². The van der Waals surface area contributed by atoms with Crippen LogP contribution in [-0.4, -0.2) is 42.6 Å². The summed E-state index contributed by atoms with van der Waals surface area (Å²) in [5, 5.41) is 3.64. The van der Waals surface area contributed by atoms with Crippen molar-refractivity contribution in [3.8, 4) is 5.75 Å². The van der Waals surface area contributed by atoms with Gasteiger partial charge in [-0.15, -0.1) is 0 Å². The first kappa shape index (κ1) is 14.4. The number of rotatable bonds is 4. The molecule has 114 valence electrons. The van der Waals surface area contributed by atoms with Crippen LogP contribution in [-0.2, 0) is 0 Å². The average molecular weight is 288 g/mol. The quantitative estimate of drug-likeness (QED) is 0.925. The lowest BCUT2D eigenvalue weighted by Gasteiger charge is -2.37. The predicted octanol–water partition coefficient (Wildman–Crippen LogP) is 2.44. The van der Waals surface area contributed by atoms with Crippen LogP contribution in [0.25, 0.3) is 0 Å². The molecule has 0 aliphatic carbocycles. The number of benzene rings is 1. The third-order valence-electron chi connectivity index (χ3n) is 4.83. The molecule has 2 saturated heterocycles. The minimum absolute atomic E-state index is 0.145. The maximum absolute atomic E-state index is 12.8. The lowest BCUT2D eigenvalue weighted by atomic mass is 9.97. The third-order valence-corrected chi connectivity index (χ3v) is 4.83. The van der Waals surface area contributed by atoms with Gasteiger partial charge in [-0.25, -0.2) is 0 Å². The Balaban J connectivity index is 1.74. The van der Waals surface area contributed by atoms with Crippen molar-refractivity contribution in [2.75, 3.05) is 13.7 Å². The molecule has 2 atom stereocenters. The van der Waals surface area contributed by atoms with E-state index in [4.69, 9.17) is 4.74 Å². The van der Waals surface area contributed by atoms with Crippen LogP contribution < -0.4 is 10.1 Å². The minimum atomic E-state index is 0.145. The van der Waals surface area contributed by atoms with Crippen molar-refractivity contribution in [1.82, 2.24) is 10.2 Å². The van der Waals surface area contributed by atoms with Gasteiger partial charge in [-0.1, -0.05) is 0 Å². The van der Waals surface area contributed by atoms with Crippen LogP contribution in [0, 0.1) is 0 Å². The number of carbonyl (C=O) groups excluding carboxylic acids is 1. The summed E-state index contributed by atoms with van der Waals surface area (Å²) in [6.07, 6.45) is 4.70. The van der Waals surface area contributed by atoms with Crippen LogP contribution in [0.3, 0.4) is 0 Å². The molecule has 2 aliphatic heterocycles. The number of carbonyl (C=O) groups is 1. The highest BCUT2D eigenvalue weighted by molar-refractivity contribution is 5.94. The highest BCUT2D eigenvalue weighted by Crippen LogP contribution is 2.30. The normalized spacial score (nSPS) is 27.4. The first-order valence-electron chi connectivity index (χ1n) is 7.92. The molecule has 21 heavy (non-hydrogen) atoms. The van der Waals surface area contributed by atoms with Crippen molar-refractivity contribution in [2.24, 2.45) is 0 Å². The number of hydrogen-bond acceptors (Lipinski definition) is 3. The van der Waals surface area contributed by atoms with Crippen molar-refractivity contribution in [3.63, 3.8) is 0 Å². The van der Waals surface area contributed by atoms with Crippen LogP contribution in [0.15, 0.2) is 24.3 Å². The number of fused-ring (bicyclic) bond motifs is 2. The predicted molar refractivity (Wildman–Crippen MR) is 82.7 cm³/mol. The van der Waals surface area contributed by atoms with Crippen molar-refractivity contribution < 1.29 is 9.53 Å². The summed E-state index contributed by atoms with van der Waals surface area (Å²) in [6, 6.07) is 9.01. The van der Waals surface area contributed by atoms with Gasteiger partial charge in [-0.05, 0) is 56.9 Å². The first-order valence-corrected chi connectivity index (χ1v) is 7.92. The molecule has 1 N–H and O–H groups in total. The molecule has 2 unspecified atom stereocenters. The van der Waals surface area contributed by atoms with E-state index in [9.17, 15) is 4.79 Å². The molecular weight excluding hydrogens is 264 g/mol. The summed E-state index contributed by atoms with van der Waals surface area (Å²) in [7, 11) is 1.64. The SMILES string of the molecule is CCN(C(=O)c1ccc(OC)cc1)C1CC2CCC(C1)N2. The van der Waals surface area contributed by atoms with Crippen LogP contribution in [0.4, 0.5) is 0 Å². The molecule has 2 fully saturated rings. The molecule has 2 heterocycles. The molecule has 2 bridgehead atoms. The van der Waals surface area contributed by atoms with E-state index in [0.717, 1.165) is 30.7 Å². The van der Waals surface area contributed by atoms with Gasteiger partial charge >= 0.3 is 0 Å². The zero-order valence-electron chi connectivity index (χ0n) is 12.8. The van der Waals surface area contributed by atoms with Gasteiger partial charge < -0.3 is 15.0 Å². The van der Waals surface area contributed by atoms with Crippen molar-refractivity contribution in [3.05, 3.63) is 29.8 Å². The molecule has 0 saturated carbocycles. The van der Waals surface area contributed by atoms with E-state index in [1.54, 1.807) is 7.11 Å². The monoisotopic (exact) mass is 288 g/mol. The fourth-order valence-corrected chi connectivity index (χ4v) is 3.75. The maximum atomic E-state index is 12.8. The van der Waals surface area contributed by atoms with Crippen LogP contribution >= 0.6 is 0 Å². The zero-order chi connectivity index (χ0) is 14.8. The van der Waals surface area contributed by atoms with Crippen molar-refractivity contribution in [2.45, 2.75) is 50.7 Å². The molecule has 2 aliphatic rings. The Morgan fingerprint density at radius 1 is 1.24 bits per heavy atom. The van der Waals surface area contributed by atoms with Gasteiger partial charge in [0.2, 0.25) is 0 Å². The molecular formula is C17H24N2O2. The topological polar surface area (TPSA) is 41.6 Å². The summed E-state index contributed by atoms with van der Waals surface area (Å²) < 4.78 is 5.16. The summed E-state index contributed by atoms with van der Waals surface area (Å²) in [4.78, 5) is 14.8. The van der Waals surface area contributed by atoms with Gasteiger partial charge in [-0.3, -0.25) is 4.79 Å². The Hall–Kier alpha value is -1.55. The number of hydrogen-bond donors (Lipinski definition) is 1. The molecule has 3 rings (SSSR count). The lowest BCUT2D eigenvalue weighted by molar-refractivity contribution is 0.0631. The van der Waals surface area contributed by atoms with E-state index < -0.39 is 0 Å². The molecule has 1 aromatic rings. The number of nitrogens with one attached hydrogen (secondary N) is 1. The van der Waals surface area contributed by atoms with Crippen LogP contribution in [0.5, 0.6) is 5.75 Å². The molecule has 1 amide bonds. The van der Waals surface area contributed by atoms with E-state index in [0.29, 0.717) is 18.1 Å². The van der Waals surface area contributed by atoms with E-state index in [1.807, 2.05) is 29.2 Å². The van der Waals surface area contributed by atoms with E-state index >= 15 is 0 Å². The van der Waals surface area contributed by atoms with E-state index in [-0.39, 0.29) is 5.91 Å². The highest BCUT2D eigenvalue weighted by atomic mass is 16.5. The van der Waals surface area contributed by atoms with Gasteiger partial charge in [0.25, 0.3) is 5.91 Å². The summed E-state index contributed by atoms with van der Waals surface area (Å²) in [5.41, 5.74) is 0.753. The van der Waals surface area contributed by atoms with Gasteiger partial charge in [0.1, 0.15) is 5.75 Å². The Labute approximate surface area is 126 Å². The highest BCUT2D eigenvalue weighted by Gasteiger charge is 2.37. The second-order valence-corrected chi connectivity index (χ2v) is 6.08. The van der Waals surface area contributed by atoms with Crippen LogP contribution in [0.2, 0.25) is 0 Å². The van der Waals surface area contributed by atoms with Gasteiger partial charge in [0.05, 0.1) is 7.11 Å². The largest absolute Gasteiger partial charge is 0.497 e. The number of amides is 1. The molecule has 0 spiro atoms. The number of methoxy groups -OCH3 is 1. The maximum Gasteiger partial charge on any atom is 0.254 e. The molecule has 0 radical (unpaired) electrons. The zero-order valence-corrected chi connectivity index (χ0v) is 12.8. The summed E-state index contributed by atoms with van der Waals surface area (Å²) in [6.45, 7) is 2.85. The second kappa shape index (κ2) is 6.06. The lowest BCUT2D eigenvalue weighted by Crippen LogP contribution is -2.50. The molecule has 1 aromatic carbocycles. The Kier molecular flexibility index (Phi) is 4.15. The van der Waals surface area contributed by atoms with E-state index in [1.165, 1.54) is 12.8 Å². The van der Waals surface area contributed by atoms with Crippen molar-refractivity contribution in [1.29, 1.82) is 0 Å². The molecule has 4 heteroatoms. The number of ether oxygens (including phenoxy) is 1. The third kappa shape index (κ3) is 2.91. The standard InChI is InChI=1S/C17H24N2O2/c1-3-19(15-10-13-6-7-14(11-15)18-13)17(20)12-4-8-16(21-2)9-5-12/h4-5,8-9,13-15,18H,3,6-7,10-11H2,1-2H3. The Morgan fingerprint density at radius 2 is 1.86 bits per heavy atom. The molecule has 4 nitrogen and oxygen atoms in total. The van der Waals surface area contributed by atoms with E-state index in [2.05, 4.69) is 12.2 Å². The second-order valence-electron chi connectivity index (χ2n) is 6.08. The molecule has 0 aromatic heterocycles. The smallest absolute Gasteiger partial charge is 0.254 e. The number of piperidine rings is 1. The Morgan fingerprint density at radius 3 is 2.38 bits per heavy atom. The first-order chi connectivity index (χ1) is 10.2. The summed E-state index contributed by atoms with van der Waals surface area (Å²) in [5.74, 6) is 0.931. The summed E-state index contributed by atoms with van der Waals surface area (Å²) >= 11 is 0. The average Bonchev–Trinajstić information content (AvgIpc) is 2.86. The Bertz CT molecular complexity index is 488. The fraction of sp³-hybridized carbons (Fsp3) is 0.588. The van der Waals surface area contributed by atoms with Gasteiger partial charge in [-0.2, -0.15) is 0 Å². The van der Waals surface area contributed by atoms with Gasteiger partial charge in [0, 0.05) is 30.2 Å². The van der Waals surface area contributed by atoms with Gasteiger partial charge in [0.15, 0.2) is 0 Å². The van der Waals surface area contributed by atoms with Crippen LogP contribution in [0.1, 0.15) is 43.0 Å². The minimum Gasteiger partial charge on any atom is -0.497 e. The fourth-order valence-electron chi connectivity index (χ4n) is 3.75.